The van der Waals surface area contributed by atoms with E-state index in [9.17, 15) is 9.59 Å². The van der Waals surface area contributed by atoms with Crippen LogP contribution in [0.15, 0.2) is 24.3 Å². The topological polar surface area (TPSA) is 58.2 Å². The highest BCUT2D eigenvalue weighted by Crippen LogP contribution is 2.30. The van der Waals surface area contributed by atoms with Gasteiger partial charge < -0.3 is 10.6 Å². The van der Waals surface area contributed by atoms with Crippen LogP contribution in [-0.2, 0) is 9.59 Å². The predicted octanol–water partition coefficient (Wildman–Crippen LogP) is 3.41. The normalized spacial score (nSPS) is 14.2. The van der Waals surface area contributed by atoms with Crippen LogP contribution in [0.1, 0.15) is 39.5 Å². The lowest BCUT2D eigenvalue weighted by Gasteiger charge is -2.08. The van der Waals surface area contributed by atoms with Gasteiger partial charge in [0.05, 0.1) is 0 Å². The molecule has 0 saturated heterocycles. The lowest BCUT2D eigenvalue weighted by atomic mass is 10.1. The van der Waals surface area contributed by atoms with Crippen LogP contribution in [0.4, 0.5) is 11.4 Å². The summed E-state index contributed by atoms with van der Waals surface area (Å²) in [5.41, 5.74) is 1.55. The van der Waals surface area contributed by atoms with Crippen molar-refractivity contribution in [2.75, 3.05) is 10.6 Å². The molecule has 108 valence electrons. The van der Waals surface area contributed by atoms with Crippen LogP contribution in [0.25, 0.3) is 0 Å². The maximum atomic E-state index is 11.7. The number of hydrogen-bond acceptors (Lipinski definition) is 2. The average molecular weight is 274 g/mol. The Bertz CT molecular complexity index is 476. The molecule has 1 aliphatic carbocycles. The summed E-state index contributed by atoms with van der Waals surface area (Å²) in [4.78, 5) is 23.3. The predicted molar refractivity (Wildman–Crippen MR) is 80.5 cm³/mol. The van der Waals surface area contributed by atoms with E-state index in [1.165, 1.54) is 0 Å². The fraction of sp³-hybridized carbons (Fsp3) is 0.500. The highest BCUT2D eigenvalue weighted by molar-refractivity contribution is 5.95. The molecule has 4 nitrogen and oxygen atoms in total. The first-order chi connectivity index (χ1) is 9.54. The monoisotopic (exact) mass is 274 g/mol. The molecule has 2 rings (SSSR count). The SMILES string of the molecule is CC(C)CCC(=O)Nc1ccc(NC(=O)C2CC2)cc1. The standard InChI is InChI=1S/C16H22N2O2/c1-11(2)3-10-15(19)17-13-6-8-14(9-7-13)18-16(20)12-4-5-12/h6-9,11-12H,3-5,10H2,1-2H3,(H,17,19)(H,18,20). The molecule has 4 heteroatoms. The molecular formula is C16H22N2O2. The minimum absolute atomic E-state index is 0.0356. The highest BCUT2D eigenvalue weighted by atomic mass is 16.2. The highest BCUT2D eigenvalue weighted by Gasteiger charge is 2.29. The first-order valence-corrected chi connectivity index (χ1v) is 7.25. The molecule has 0 spiro atoms. The number of amides is 2. The summed E-state index contributed by atoms with van der Waals surface area (Å²) in [6.07, 6.45) is 3.42. The molecule has 1 aromatic rings. The summed E-state index contributed by atoms with van der Waals surface area (Å²) in [7, 11) is 0. The van der Waals surface area contributed by atoms with Gasteiger partial charge in [-0.2, -0.15) is 0 Å². The molecule has 0 aromatic heterocycles. The van der Waals surface area contributed by atoms with Gasteiger partial charge in [-0.25, -0.2) is 0 Å². The Kier molecular flexibility index (Phi) is 4.77. The molecule has 1 saturated carbocycles. The number of nitrogens with one attached hydrogen (secondary N) is 2. The van der Waals surface area contributed by atoms with Crippen molar-refractivity contribution in [2.24, 2.45) is 11.8 Å². The zero-order chi connectivity index (χ0) is 14.5. The Balaban J connectivity index is 1.81. The van der Waals surface area contributed by atoms with Crippen molar-refractivity contribution in [1.29, 1.82) is 0 Å². The Morgan fingerprint density at radius 2 is 1.65 bits per heavy atom. The molecule has 0 unspecified atom stereocenters. The third kappa shape index (κ3) is 4.68. The van der Waals surface area contributed by atoms with Gasteiger partial charge in [0.15, 0.2) is 0 Å². The Morgan fingerprint density at radius 3 is 2.15 bits per heavy atom. The molecule has 0 radical (unpaired) electrons. The first kappa shape index (κ1) is 14.6. The number of benzene rings is 1. The van der Waals surface area contributed by atoms with Crippen molar-refractivity contribution in [3.05, 3.63) is 24.3 Å². The fourth-order valence-corrected chi connectivity index (χ4v) is 1.87. The van der Waals surface area contributed by atoms with E-state index in [4.69, 9.17) is 0 Å². The van der Waals surface area contributed by atoms with E-state index < -0.39 is 0 Å². The summed E-state index contributed by atoms with van der Waals surface area (Å²) in [5.74, 6) is 0.860. The molecule has 1 aliphatic rings. The van der Waals surface area contributed by atoms with Crippen LogP contribution in [0.2, 0.25) is 0 Å². The largest absolute Gasteiger partial charge is 0.326 e. The van der Waals surface area contributed by atoms with E-state index in [-0.39, 0.29) is 17.7 Å². The van der Waals surface area contributed by atoms with Crippen molar-refractivity contribution < 1.29 is 9.59 Å². The van der Waals surface area contributed by atoms with E-state index in [2.05, 4.69) is 24.5 Å². The van der Waals surface area contributed by atoms with Crippen LogP contribution >= 0.6 is 0 Å². The third-order valence-electron chi connectivity index (χ3n) is 3.33. The minimum atomic E-state index is 0.0356. The summed E-state index contributed by atoms with van der Waals surface area (Å²) >= 11 is 0. The van der Waals surface area contributed by atoms with Gasteiger partial charge in [-0.05, 0) is 49.4 Å². The summed E-state index contributed by atoms with van der Waals surface area (Å²) < 4.78 is 0. The van der Waals surface area contributed by atoms with Gasteiger partial charge in [0.25, 0.3) is 0 Å². The van der Waals surface area contributed by atoms with Crippen molar-refractivity contribution >= 4 is 23.2 Å². The minimum Gasteiger partial charge on any atom is -0.326 e. The van der Waals surface area contributed by atoms with E-state index in [0.717, 1.165) is 30.6 Å². The third-order valence-corrected chi connectivity index (χ3v) is 3.33. The Hall–Kier alpha value is -1.84. The van der Waals surface area contributed by atoms with Gasteiger partial charge in [0, 0.05) is 23.7 Å². The maximum Gasteiger partial charge on any atom is 0.227 e. The van der Waals surface area contributed by atoms with Crippen molar-refractivity contribution in [2.45, 2.75) is 39.5 Å². The van der Waals surface area contributed by atoms with Crippen LogP contribution < -0.4 is 10.6 Å². The smallest absolute Gasteiger partial charge is 0.227 e. The molecule has 0 aliphatic heterocycles. The fourth-order valence-electron chi connectivity index (χ4n) is 1.87. The summed E-state index contributed by atoms with van der Waals surface area (Å²) in [6.45, 7) is 4.20. The van der Waals surface area contributed by atoms with Crippen LogP contribution in [0.5, 0.6) is 0 Å². The number of anilines is 2. The molecule has 1 fully saturated rings. The zero-order valence-corrected chi connectivity index (χ0v) is 12.1. The number of carbonyl (C=O) groups excluding carboxylic acids is 2. The van der Waals surface area contributed by atoms with Crippen molar-refractivity contribution in [3.63, 3.8) is 0 Å². The van der Waals surface area contributed by atoms with E-state index in [1.54, 1.807) is 0 Å². The van der Waals surface area contributed by atoms with Gasteiger partial charge in [0.2, 0.25) is 11.8 Å². The van der Waals surface area contributed by atoms with E-state index in [1.807, 2.05) is 24.3 Å². The van der Waals surface area contributed by atoms with Crippen molar-refractivity contribution in [3.8, 4) is 0 Å². The van der Waals surface area contributed by atoms with Crippen molar-refractivity contribution in [1.82, 2.24) is 0 Å². The van der Waals surface area contributed by atoms with Crippen LogP contribution in [-0.4, -0.2) is 11.8 Å². The van der Waals surface area contributed by atoms with Gasteiger partial charge in [-0.1, -0.05) is 13.8 Å². The van der Waals surface area contributed by atoms with Crippen LogP contribution in [0.3, 0.4) is 0 Å². The quantitative estimate of drug-likeness (QED) is 0.835. The lowest BCUT2D eigenvalue weighted by molar-refractivity contribution is -0.117. The number of rotatable bonds is 6. The van der Waals surface area contributed by atoms with E-state index >= 15 is 0 Å². The molecule has 2 N–H and O–H groups in total. The van der Waals surface area contributed by atoms with Gasteiger partial charge in [-0.15, -0.1) is 0 Å². The van der Waals surface area contributed by atoms with Gasteiger partial charge in [-0.3, -0.25) is 9.59 Å². The molecule has 0 heterocycles. The molecular weight excluding hydrogens is 252 g/mol. The Morgan fingerprint density at radius 1 is 1.10 bits per heavy atom. The van der Waals surface area contributed by atoms with Crippen LogP contribution in [0, 0.1) is 11.8 Å². The van der Waals surface area contributed by atoms with Gasteiger partial charge >= 0.3 is 0 Å². The summed E-state index contributed by atoms with van der Waals surface area (Å²) in [6, 6.07) is 7.27. The molecule has 2 amide bonds. The second-order valence-corrected chi connectivity index (χ2v) is 5.82. The second kappa shape index (κ2) is 6.55. The van der Waals surface area contributed by atoms with E-state index in [0.29, 0.717) is 12.3 Å². The molecule has 0 bridgehead atoms. The second-order valence-electron chi connectivity index (χ2n) is 5.82. The average Bonchev–Trinajstić information content (AvgIpc) is 3.23. The number of carbonyl (C=O) groups is 2. The summed E-state index contributed by atoms with van der Waals surface area (Å²) in [5, 5.41) is 5.73. The molecule has 1 aromatic carbocycles. The maximum absolute atomic E-state index is 11.7. The lowest BCUT2D eigenvalue weighted by Crippen LogP contribution is -2.14. The first-order valence-electron chi connectivity index (χ1n) is 7.25. The number of hydrogen-bond donors (Lipinski definition) is 2. The zero-order valence-electron chi connectivity index (χ0n) is 12.1. The van der Waals surface area contributed by atoms with Gasteiger partial charge in [0.1, 0.15) is 0 Å². The Labute approximate surface area is 119 Å². The molecule has 0 atom stereocenters. The molecule has 20 heavy (non-hydrogen) atoms.